The average molecular weight is 274 g/mol. The van der Waals surface area contributed by atoms with Gasteiger partial charge in [-0.3, -0.25) is 4.79 Å². The van der Waals surface area contributed by atoms with E-state index in [1.54, 1.807) is 6.08 Å². The number of carbonyl (C=O) groups excluding carboxylic acids is 1. The molecule has 110 valence electrons. The Bertz CT molecular complexity index is 439. The summed E-state index contributed by atoms with van der Waals surface area (Å²) in [6.45, 7) is 12.1. The van der Waals surface area contributed by atoms with Crippen LogP contribution in [-0.2, 0) is 4.79 Å². The summed E-state index contributed by atoms with van der Waals surface area (Å²) in [5.41, 5.74) is -0.282. The molecule has 0 aromatic carbocycles. The molecule has 20 heavy (non-hydrogen) atoms. The smallest absolute Gasteiger partial charge is 0.178 e. The molecule has 0 saturated carbocycles. The normalized spacial score (nSPS) is 24.8. The van der Waals surface area contributed by atoms with E-state index in [1.807, 2.05) is 39.1 Å². The summed E-state index contributed by atoms with van der Waals surface area (Å²) in [5.74, 6) is 1.28. The minimum Gasteiger partial charge on any atom is -0.377 e. The van der Waals surface area contributed by atoms with Crippen LogP contribution >= 0.6 is 0 Å². The lowest BCUT2D eigenvalue weighted by Crippen LogP contribution is -2.34. The quantitative estimate of drug-likeness (QED) is 0.449. The SMILES string of the molecule is CC1CC(C)CN(/C=C/C=C(\C#N)C(=O)C(C)(C)C)C1. The largest absolute Gasteiger partial charge is 0.377 e. The molecule has 0 radical (unpaired) electrons. The number of likely N-dealkylation sites (tertiary alicyclic amines) is 1. The molecular formula is C17H26N2O. The van der Waals surface area contributed by atoms with Crippen LogP contribution in [0.3, 0.4) is 0 Å². The summed E-state index contributed by atoms with van der Waals surface area (Å²) in [6, 6.07) is 2.01. The molecule has 0 N–H and O–H groups in total. The lowest BCUT2D eigenvalue weighted by Gasteiger charge is -2.34. The zero-order valence-corrected chi connectivity index (χ0v) is 13.3. The lowest BCUT2D eigenvalue weighted by atomic mass is 9.86. The third-order valence-corrected chi connectivity index (χ3v) is 3.50. The maximum Gasteiger partial charge on any atom is 0.178 e. The number of allylic oxidation sites excluding steroid dienone is 3. The number of rotatable bonds is 3. The van der Waals surface area contributed by atoms with Crippen LogP contribution in [0, 0.1) is 28.6 Å². The van der Waals surface area contributed by atoms with Crippen molar-refractivity contribution in [3.8, 4) is 6.07 Å². The molecule has 1 heterocycles. The molecule has 2 atom stereocenters. The third kappa shape index (κ3) is 4.85. The van der Waals surface area contributed by atoms with E-state index in [9.17, 15) is 4.79 Å². The first-order valence-electron chi connectivity index (χ1n) is 7.31. The molecule has 1 fully saturated rings. The van der Waals surface area contributed by atoms with Crippen LogP contribution in [0.4, 0.5) is 0 Å². The van der Waals surface area contributed by atoms with Gasteiger partial charge in [0.15, 0.2) is 5.78 Å². The number of carbonyl (C=O) groups is 1. The second-order valence-corrected chi connectivity index (χ2v) is 7.01. The summed E-state index contributed by atoms with van der Waals surface area (Å²) in [4.78, 5) is 14.3. The molecular weight excluding hydrogens is 248 g/mol. The molecule has 1 aliphatic rings. The Morgan fingerprint density at radius 3 is 2.25 bits per heavy atom. The molecule has 0 aromatic rings. The first kappa shape index (κ1) is 16.5. The van der Waals surface area contributed by atoms with E-state index in [1.165, 1.54) is 6.42 Å². The van der Waals surface area contributed by atoms with E-state index in [0.29, 0.717) is 11.8 Å². The Balaban J connectivity index is 2.72. The van der Waals surface area contributed by atoms with Gasteiger partial charge in [-0.15, -0.1) is 0 Å². The van der Waals surface area contributed by atoms with E-state index in [-0.39, 0.29) is 11.4 Å². The van der Waals surface area contributed by atoms with Gasteiger partial charge in [-0.05, 0) is 36.6 Å². The highest BCUT2D eigenvalue weighted by molar-refractivity contribution is 6.02. The van der Waals surface area contributed by atoms with Crippen LogP contribution < -0.4 is 0 Å². The van der Waals surface area contributed by atoms with Gasteiger partial charge in [0.25, 0.3) is 0 Å². The number of nitriles is 1. The predicted octanol–water partition coefficient (Wildman–Crippen LogP) is 3.54. The molecule has 0 spiro atoms. The summed E-state index contributed by atoms with van der Waals surface area (Å²) in [6.07, 6.45) is 6.73. The highest BCUT2D eigenvalue weighted by atomic mass is 16.1. The molecule has 0 aliphatic carbocycles. The van der Waals surface area contributed by atoms with Crippen molar-refractivity contribution >= 4 is 5.78 Å². The van der Waals surface area contributed by atoms with Crippen LogP contribution in [0.25, 0.3) is 0 Å². The zero-order chi connectivity index (χ0) is 15.3. The van der Waals surface area contributed by atoms with Crippen molar-refractivity contribution in [1.29, 1.82) is 5.26 Å². The highest BCUT2D eigenvalue weighted by Gasteiger charge is 2.24. The van der Waals surface area contributed by atoms with Crippen molar-refractivity contribution in [3.05, 3.63) is 23.9 Å². The van der Waals surface area contributed by atoms with E-state index in [2.05, 4.69) is 18.7 Å². The summed E-state index contributed by atoms with van der Waals surface area (Å²) in [7, 11) is 0. The van der Waals surface area contributed by atoms with Gasteiger partial charge in [0.2, 0.25) is 0 Å². The summed E-state index contributed by atoms with van der Waals surface area (Å²) >= 11 is 0. The van der Waals surface area contributed by atoms with Gasteiger partial charge in [-0.1, -0.05) is 34.6 Å². The maximum atomic E-state index is 12.0. The van der Waals surface area contributed by atoms with Gasteiger partial charge < -0.3 is 4.90 Å². The Labute approximate surface area is 123 Å². The van der Waals surface area contributed by atoms with E-state index < -0.39 is 5.41 Å². The first-order valence-corrected chi connectivity index (χ1v) is 7.31. The van der Waals surface area contributed by atoms with Gasteiger partial charge in [-0.2, -0.15) is 5.26 Å². The minimum absolute atomic E-state index is 0.106. The third-order valence-electron chi connectivity index (χ3n) is 3.50. The fraction of sp³-hybridized carbons (Fsp3) is 0.647. The number of piperidine rings is 1. The second-order valence-electron chi connectivity index (χ2n) is 7.01. The summed E-state index contributed by atoms with van der Waals surface area (Å²) in [5, 5.41) is 9.09. The molecule has 2 unspecified atom stereocenters. The van der Waals surface area contributed by atoms with Crippen LogP contribution in [0.5, 0.6) is 0 Å². The first-order chi connectivity index (χ1) is 9.24. The van der Waals surface area contributed by atoms with E-state index >= 15 is 0 Å². The number of ketones is 1. The van der Waals surface area contributed by atoms with Gasteiger partial charge in [0.05, 0.1) is 5.57 Å². The molecule has 1 aliphatic heterocycles. The number of hydrogen-bond donors (Lipinski definition) is 0. The Kier molecular flexibility index (Phi) is 5.56. The number of Topliss-reactive ketones (excluding diaryl/α,β-unsaturated/α-hetero) is 1. The minimum atomic E-state index is -0.510. The summed E-state index contributed by atoms with van der Waals surface area (Å²) < 4.78 is 0. The predicted molar refractivity (Wildman–Crippen MR) is 81.8 cm³/mol. The maximum absolute atomic E-state index is 12.0. The van der Waals surface area contributed by atoms with Crippen molar-refractivity contribution in [1.82, 2.24) is 4.90 Å². The molecule has 1 saturated heterocycles. The molecule has 3 nitrogen and oxygen atoms in total. The molecule has 1 rings (SSSR count). The van der Waals surface area contributed by atoms with Crippen molar-refractivity contribution in [2.45, 2.75) is 41.0 Å². The van der Waals surface area contributed by atoms with Gasteiger partial charge in [0.1, 0.15) is 6.07 Å². The van der Waals surface area contributed by atoms with Crippen LogP contribution in [-0.4, -0.2) is 23.8 Å². The standard InChI is InChI=1S/C17H26N2O/c1-13-9-14(2)12-19(11-13)8-6-7-15(10-18)16(20)17(3,4)5/h6-8,13-14H,9,11-12H2,1-5H3/b8-6+,15-7+. The fourth-order valence-electron chi connectivity index (χ4n) is 2.66. The van der Waals surface area contributed by atoms with Crippen molar-refractivity contribution < 1.29 is 4.79 Å². The zero-order valence-electron chi connectivity index (χ0n) is 13.3. The second kappa shape index (κ2) is 6.74. The lowest BCUT2D eigenvalue weighted by molar-refractivity contribution is -0.122. The van der Waals surface area contributed by atoms with E-state index in [4.69, 9.17) is 5.26 Å². The molecule has 0 amide bonds. The van der Waals surface area contributed by atoms with Crippen molar-refractivity contribution in [2.24, 2.45) is 17.3 Å². The fourth-order valence-corrected chi connectivity index (χ4v) is 2.66. The Hall–Kier alpha value is -1.56. The van der Waals surface area contributed by atoms with Crippen molar-refractivity contribution in [3.63, 3.8) is 0 Å². The van der Waals surface area contributed by atoms with Gasteiger partial charge in [0, 0.05) is 18.5 Å². The number of hydrogen-bond acceptors (Lipinski definition) is 3. The Morgan fingerprint density at radius 2 is 1.80 bits per heavy atom. The number of nitrogens with zero attached hydrogens (tertiary/aromatic N) is 2. The van der Waals surface area contributed by atoms with Gasteiger partial charge >= 0.3 is 0 Å². The molecule has 3 heteroatoms. The Morgan fingerprint density at radius 1 is 1.25 bits per heavy atom. The monoisotopic (exact) mass is 274 g/mol. The van der Waals surface area contributed by atoms with Gasteiger partial charge in [-0.25, -0.2) is 0 Å². The van der Waals surface area contributed by atoms with Crippen LogP contribution in [0.2, 0.25) is 0 Å². The highest BCUT2D eigenvalue weighted by Crippen LogP contribution is 2.22. The van der Waals surface area contributed by atoms with Crippen LogP contribution in [0.1, 0.15) is 41.0 Å². The molecule has 0 bridgehead atoms. The van der Waals surface area contributed by atoms with E-state index in [0.717, 1.165) is 13.1 Å². The topological polar surface area (TPSA) is 44.1 Å². The van der Waals surface area contributed by atoms with Crippen molar-refractivity contribution in [2.75, 3.05) is 13.1 Å². The van der Waals surface area contributed by atoms with Crippen LogP contribution in [0.15, 0.2) is 23.9 Å². The molecule has 0 aromatic heterocycles. The average Bonchev–Trinajstić information content (AvgIpc) is 2.31.